The van der Waals surface area contributed by atoms with Crippen molar-refractivity contribution >= 4 is 11.6 Å². The molecule has 0 atom stereocenters. The Morgan fingerprint density at radius 3 is 2.46 bits per heavy atom. The predicted molar refractivity (Wildman–Crippen MR) is 89.2 cm³/mol. The number of nitrogens with one attached hydrogen (secondary N) is 1. The molecule has 0 aliphatic rings. The van der Waals surface area contributed by atoms with E-state index in [1.807, 2.05) is 43.1 Å². The molecule has 0 heterocycles. The third-order valence-electron chi connectivity index (χ3n) is 3.48. The predicted octanol–water partition coefficient (Wildman–Crippen LogP) is 3.67. The van der Waals surface area contributed by atoms with Crippen molar-refractivity contribution in [1.29, 1.82) is 0 Å². The molecule has 2 aromatic rings. The van der Waals surface area contributed by atoms with Crippen molar-refractivity contribution in [2.75, 3.05) is 18.9 Å². The van der Waals surface area contributed by atoms with Crippen LogP contribution in [0.15, 0.2) is 48.5 Å². The number of carbonyl (C=O) groups is 1. The molecular formula is C18H20F2N2O2. The lowest BCUT2D eigenvalue weighted by molar-refractivity contribution is -0.117. The summed E-state index contributed by atoms with van der Waals surface area (Å²) >= 11 is 0. The highest BCUT2D eigenvalue weighted by Gasteiger charge is 2.09. The summed E-state index contributed by atoms with van der Waals surface area (Å²) in [5, 5.41) is 2.73. The second-order valence-electron chi connectivity index (χ2n) is 5.55. The molecule has 0 spiro atoms. The van der Waals surface area contributed by atoms with Gasteiger partial charge in [-0.05, 0) is 49.4 Å². The minimum Gasteiger partial charge on any atom is -0.435 e. The monoisotopic (exact) mass is 334 g/mol. The van der Waals surface area contributed by atoms with E-state index in [0.717, 1.165) is 0 Å². The minimum absolute atomic E-state index is 0.0552. The zero-order valence-electron chi connectivity index (χ0n) is 13.6. The van der Waals surface area contributed by atoms with Gasteiger partial charge in [0.2, 0.25) is 5.91 Å². The molecule has 0 radical (unpaired) electrons. The van der Waals surface area contributed by atoms with Gasteiger partial charge < -0.3 is 10.1 Å². The lowest BCUT2D eigenvalue weighted by atomic mass is 10.1. The van der Waals surface area contributed by atoms with Crippen LogP contribution in [0.3, 0.4) is 0 Å². The Bertz CT molecular complexity index is 675. The number of nitrogens with zero attached hydrogens (tertiary/aromatic N) is 1. The molecule has 24 heavy (non-hydrogen) atoms. The van der Waals surface area contributed by atoms with Crippen LogP contribution in [0.4, 0.5) is 14.5 Å². The first-order valence-corrected chi connectivity index (χ1v) is 7.52. The fourth-order valence-corrected chi connectivity index (χ4v) is 2.30. The Morgan fingerprint density at radius 2 is 1.83 bits per heavy atom. The van der Waals surface area contributed by atoms with Crippen LogP contribution in [0, 0.1) is 6.92 Å². The van der Waals surface area contributed by atoms with Gasteiger partial charge in [-0.2, -0.15) is 8.78 Å². The quantitative estimate of drug-likeness (QED) is 0.840. The number of alkyl halides is 2. The molecule has 0 saturated carbocycles. The normalized spacial score (nSPS) is 10.9. The van der Waals surface area contributed by atoms with Gasteiger partial charge in [0, 0.05) is 12.2 Å². The van der Waals surface area contributed by atoms with Crippen LogP contribution in [0.5, 0.6) is 5.75 Å². The molecule has 1 N–H and O–H groups in total. The van der Waals surface area contributed by atoms with Gasteiger partial charge in [0.1, 0.15) is 5.75 Å². The summed E-state index contributed by atoms with van der Waals surface area (Å²) in [5.74, 6) is -0.117. The molecule has 0 bridgehead atoms. The standard InChI is InChI=1S/C18H20F2N2O2/c1-13-5-3-4-6-14(13)11-22(2)12-17(23)21-15-7-9-16(10-8-15)24-18(19)20/h3-10,18H,11-12H2,1-2H3,(H,21,23). The van der Waals surface area contributed by atoms with Crippen molar-refractivity contribution in [3.05, 3.63) is 59.7 Å². The van der Waals surface area contributed by atoms with E-state index in [1.165, 1.54) is 35.4 Å². The number of ether oxygens (including phenoxy) is 1. The molecule has 0 aliphatic heterocycles. The van der Waals surface area contributed by atoms with E-state index in [9.17, 15) is 13.6 Å². The van der Waals surface area contributed by atoms with E-state index in [-0.39, 0.29) is 18.2 Å². The van der Waals surface area contributed by atoms with Crippen molar-refractivity contribution < 1.29 is 18.3 Å². The number of aryl methyl sites for hydroxylation is 1. The number of halogens is 2. The fourth-order valence-electron chi connectivity index (χ4n) is 2.30. The minimum atomic E-state index is -2.86. The van der Waals surface area contributed by atoms with E-state index < -0.39 is 6.61 Å². The highest BCUT2D eigenvalue weighted by molar-refractivity contribution is 5.92. The van der Waals surface area contributed by atoms with Crippen LogP contribution in [0.25, 0.3) is 0 Å². The van der Waals surface area contributed by atoms with Crippen molar-refractivity contribution in [3.63, 3.8) is 0 Å². The first-order chi connectivity index (χ1) is 11.4. The number of benzene rings is 2. The van der Waals surface area contributed by atoms with Crippen molar-refractivity contribution in [2.24, 2.45) is 0 Å². The summed E-state index contributed by atoms with van der Waals surface area (Å²) in [4.78, 5) is 14.0. The van der Waals surface area contributed by atoms with Gasteiger partial charge in [-0.1, -0.05) is 24.3 Å². The number of anilines is 1. The highest BCUT2D eigenvalue weighted by Crippen LogP contribution is 2.17. The van der Waals surface area contributed by atoms with Gasteiger partial charge >= 0.3 is 6.61 Å². The van der Waals surface area contributed by atoms with Crippen molar-refractivity contribution in [3.8, 4) is 5.75 Å². The molecular weight excluding hydrogens is 314 g/mol. The Kier molecular flexibility index (Phi) is 6.26. The third kappa shape index (κ3) is 5.62. The Morgan fingerprint density at radius 1 is 1.17 bits per heavy atom. The van der Waals surface area contributed by atoms with Crippen LogP contribution in [-0.2, 0) is 11.3 Å². The first kappa shape index (κ1) is 17.9. The largest absolute Gasteiger partial charge is 0.435 e. The first-order valence-electron chi connectivity index (χ1n) is 7.52. The Labute approximate surface area is 140 Å². The molecule has 0 saturated heterocycles. The maximum absolute atomic E-state index is 12.1. The molecule has 0 aliphatic carbocycles. The summed E-state index contributed by atoms with van der Waals surface area (Å²) in [7, 11) is 1.87. The Balaban J connectivity index is 1.85. The number of hydrogen-bond acceptors (Lipinski definition) is 3. The third-order valence-corrected chi connectivity index (χ3v) is 3.48. The van der Waals surface area contributed by atoms with Gasteiger partial charge in [-0.3, -0.25) is 9.69 Å². The van der Waals surface area contributed by atoms with Crippen molar-refractivity contribution in [1.82, 2.24) is 4.90 Å². The molecule has 1 amide bonds. The van der Waals surface area contributed by atoms with Gasteiger partial charge in [0.15, 0.2) is 0 Å². The van der Waals surface area contributed by atoms with Gasteiger partial charge in [0.05, 0.1) is 6.54 Å². The summed E-state index contributed by atoms with van der Waals surface area (Å²) < 4.78 is 28.4. The molecule has 2 rings (SSSR count). The van der Waals surface area contributed by atoms with E-state index in [2.05, 4.69) is 10.1 Å². The van der Waals surface area contributed by atoms with E-state index in [1.54, 1.807) is 0 Å². The smallest absolute Gasteiger partial charge is 0.387 e. The fraction of sp³-hybridized carbons (Fsp3) is 0.278. The molecule has 0 unspecified atom stereocenters. The Hall–Kier alpha value is -2.47. The summed E-state index contributed by atoms with van der Waals surface area (Å²) in [6, 6.07) is 13.8. The van der Waals surface area contributed by atoms with Gasteiger partial charge in [0.25, 0.3) is 0 Å². The van der Waals surface area contributed by atoms with Crippen LogP contribution >= 0.6 is 0 Å². The van der Waals surface area contributed by atoms with Crippen LogP contribution in [-0.4, -0.2) is 31.0 Å². The van der Waals surface area contributed by atoms with Gasteiger partial charge in [-0.15, -0.1) is 0 Å². The highest BCUT2D eigenvalue weighted by atomic mass is 19.3. The van der Waals surface area contributed by atoms with Crippen LogP contribution in [0.2, 0.25) is 0 Å². The molecule has 4 nitrogen and oxygen atoms in total. The second-order valence-corrected chi connectivity index (χ2v) is 5.55. The summed E-state index contributed by atoms with van der Waals surface area (Å²) in [5.41, 5.74) is 2.88. The van der Waals surface area contributed by atoms with E-state index >= 15 is 0 Å². The molecule has 2 aromatic carbocycles. The molecule has 0 aromatic heterocycles. The zero-order chi connectivity index (χ0) is 17.5. The molecule has 0 fully saturated rings. The van der Waals surface area contributed by atoms with E-state index in [0.29, 0.717) is 12.2 Å². The number of carbonyl (C=O) groups excluding carboxylic acids is 1. The average molecular weight is 334 g/mol. The summed E-state index contributed by atoms with van der Waals surface area (Å²) in [6.45, 7) is 0.0671. The van der Waals surface area contributed by atoms with Gasteiger partial charge in [-0.25, -0.2) is 0 Å². The SMILES string of the molecule is Cc1ccccc1CN(C)CC(=O)Nc1ccc(OC(F)F)cc1. The maximum atomic E-state index is 12.1. The number of rotatable bonds is 7. The second kappa shape index (κ2) is 8.40. The average Bonchev–Trinajstić information content (AvgIpc) is 2.51. The van der Waals surface area contributed by atoms with Crippen LogP contribution in [0.1, 0.15) is 11.1 Å². The topological polar surface area (TPSA) is 41.6 Å². The molecule has 128 valence electrons. The summed E-state index contributed by atoms with van der Waals surface area (Å²) in [6.07, 6.45) is 0. The number of likely N-dealkylation sites (N-methyl/N-ethyl adjacent to an activating group) is 1. The van der Waals surface area contributed by atoms with Crippen molar-refractivity contribution in [2.45, 2.75) is 20.1 Å². The van der Waals surface area contributed by atoms with Crippen LogP contribution < -0.4 is 10.1 Å². The zero-order valence-corrected chi connectivity index (χ0v) is 13.6. The molecule has 6 heteroatoms. The van der Waals surface area contributed by atoms with E-state index in [4.69, 9.17) is 0 Å². The number of hydrogen-bond donors (Lipinski definition) is 1. The lowest BCUT2D eigenvalue weighted by Crippen LogP contribution is -2.30. The number of amides is 1. The maximum Gasteiger partial charge on any atom is 0.387 e. The lowest BCUT2D eigenvalue weighted by Gasteiger charge is -2.17.